The summed E-state index contributed by atoms with van der Waals surface area (Å²) in [6.07, 6.45) is 1.51. The molecule has 0 unspecified atom stereocenters. The van der Waals surface area contributed by atoms with Crippen LogP contribution >= 0.6 is 0 Å². The molecule has 1 aromatic heterocycles. The SMILES string of the molecule is C=C(C)CNC(=NCc1ncccc1F)NCC(=O)N(C)C. The monoisotopic (exact) mass is 307 g/mol. The second kappa shape index (κ2) is 8.76. The number of hydrogen-bond acceptors (Lipinski definition) is 3. The van der Waals surface area contributed by atoms with Crippen LogP contribution in [0.3, 0.4) is 0 Å². The summed E-state index contributed by atoms with van der Waals surface area (Å²) < 4.78 is 13.5. The van der Waals surface area contributed by atoms with Crippen LogP contribution < -0.4 is 10.6 Å². The quantitative estimate of drug-likeness (QED) is 0.466. The number of likely N-dealkylation sites (N-methyl/N-ethyl adjacent to an activating group) is 1. The van der Waals surface area contributed by atoms with E-state index < -0.39 is 5.82 Å². The van der Waals surface area contributed by atoms with Crippen molar-refractivity contribution in [3.05, 3.63) is 42.0 Å². The van der Waals surface area contributed by atoms with E-state index in [1.807, 2.05) is 6.92 Å². The van der Waals surface area contributed by atoms with Gasteiger partial charge < -0.3 is 15.5 Å². The van der Waals surface area contributed by atoms with Gasteiger partial charge in [0.1, 0.15) is 5.82 Å². The van der Waals surface area contributed by atoms with Crippen molar-refractivity contribution in [2.45, 2.75) is 13.5 Å². The van der Waals surface area contributed by atoms with Crippen LogP contribution in [0.15, 0.2) is 35.5 Å². The summed E-state index contributed by atoms with van der Waals surface area (Å²) >= 11 is 0. The summed E-state index contributed by atoms with van der Waals surface area (Å²) in [5.41, 5.74) is 1.16. The minimum atomic E-state index is -0.408. The minimum Gasteiger partial charge on any atom is -0.353 e. The summed E-state index contributed by atoms with van der Waals surface area (Å²) in [6.45, 7) is 6.34. The van der Waals surface area contributed by atoms with E-state index in [1.165, 1.54) is 23.2 Å². The molecule has 6 nitrogen and oxygen atoms in total. The van der Waals surface area contributed by atoms with Gasteiger partial charge in [-0.1, -0.05) is 12.2 Å². The fraction of sp³-hybridized carbons (Fsp3) is 0.400. The number of nitrogens with zero attached hydrogens (tertiary/aromatic N) is 3. The molecular formula is C15H22FN5O. The highest BCUT2D eigenvalue weighted by atomic mass is 19.1. The molecule has 1 aromatic rings. The predicted molar refractivity (Wildman–Crippen MR) is 84.8 cm³/mol. The van der Waals surface area contributed by atoms with Crippen LogP contribution in [0.4, 0.5) is 4.39 Å². The van der Waals surface area contributed by atoms with Gasteiger partial charge >= 0.3 is 0 Å². The van der Waals surface area contributed by atoms with Crippen LogP contribution in [0.5, 0.6) is 0 Å². The lowest BCUT2D eigenvalue weighted by Crippen LogP contribution is -2.43. The second-order valence-electron chi connectivity index (χ2n) is 5.05. The standard InChI is InChI=1S/C15H22FN5O/c1-11(2)8-18-15(20-10-14(22)21(3)4)19-9-13-12(16)6-5-7-17-13/h5-7H,1,8-10H2,2-4H3,(H2,18,19,20). The van der Waals surface area contributed by atoms with Gasteiger partial charge in [0, 0.05) is 26.8 Å². The first-order valence-electron chi connectivity index (χ1n) is 6.86. The molecule has 0 bridgehead atoms. The lowest BCUT2D eigenvalue weighted by Gasteiger charge is -2.15. The van der Waals surface area contributed by atoms with Crippen LogP contribution in [-0.4, -0.2) is 48.9 Å². The zero-order valence-electron chi connectivity index (χ0n) is 13.2. The fourth-order valence-corrected chi connectivity index (χ4v) is 1.42. The van der Waals surface area contributed by atoms with E-state index in [4.69, 9.17) is 0 Å². The molecule has 0 radical (unpaired) electrons. The van der Waals surface area contributed by atoms with Crippen molar-refractivity contribution in [2.24, 2.45) is 4.99 Å². The fourth-order valence-electron chi connectivity index (χ4n) is 1.42. The lowest BCUT2D eigenvalue weighted by molar-refractivity contribution is -0.127. The minimum absolute atomic E-state index is 0.0777. The lowest BCUT2D eigenvalue weighted by atomic mass is 10.3. The van der Waals surface area contributed by atoms with Crippen molar-refractivity contribution in [1.29, 1.82) is 0 Å². The Bertz CT molecular complexity index is 557. The molecule has 0 fully saturated rings. The van der Waals surface area contributed by atoms with E-state index >= 15 is 0 Å². The van der Waals surface area contributed by atoms with E-state index in [0.29, 0.717) is 12.5 Å². The van der Waals surface area contributed by atoms with Crippen molar-refractivity contribution >= 4 is 11.9 Å². The Morgan fingerprint density at radius 3 is 2.68 bits per heavy atom. The maximum absolute atomic E-state index is 13.5. The number of halogens is 1. The first-order chi connectivity index (χ1) is 10.4. The van der Waals surface area contributed by atoms with Gasteiger partial charge in [-0.2, -0.15) is 0 Å². The maximum Gasteiger partial charge on any atom is 0.241 e. The van der Waals surface area contributed by atoms with Crippen LogP contribution in [0.1, 0.15) is 12.6 Å². The van der Waals surface area contributed by atoms with Crippen molar-refractivity contribution in [1.82, 2.24) is 20.5 Å². The Morgan fingerprint density at radius 1 is 1.41 bits per heavy atom. The molecule has 0 atom stereocenters. The summed E-state index contributed by atoms with van der Waals surface area (Å²) in [4.78, 5) is 21.3. The highest BCUT2D eigenvalue weighted by Crippen LogP contribution is 2.03. The van der Waals surface area contributed by atoms with Gasteiger partial charge in [-0.05, 0) is 19.1 Å². The van der Waals surface area contributed by atoms with Gasteiger partial charge in [0.15, 0.2) is 5.96 Å². The number of hydrogen-bond donors (Lipinski definition) is 2. The average molecular weight is 307 g/mol. The zero-order valence-corrected chi connectivity index (χ0v) is 13.2. The first-order valence-corrected chi connectivity index (χ1v) is 6.86. The van der Waals surface area contributed by atoms with Gasteiger partial charge in [0.25, 0.3) is 0 Å². The second-order valence-corrected chi connectivity index (χ2v) is 5.05. The topological polar surface area (TPSA) is 69.6 Å². The molecule has 2 N–H and O–H groups in total. The smallest absolute Gasteiger partial charge is 0.241 e. The molecule has 0 aliphatic rings. The Morgan fingerprint density at radius 2 is 2.09 bits per heavy atom. The van der Waals surface area contributed by atoms with E-state index in [1.54, 1.807) is 14.1 Å². The van der Waals surface area contributed by atoms with Crippen molar-refractivity contribution in [3.8, 4) is 0 Å². The highest BCUT2D eigenvalue weighted by molar-refractivity contribution is 5.86. The number of nitrogens with one attached hydrogen (secondary N) is 2. The van der Waals surface area contributed by atoms with Crippen molar-refractivity contribution in [3.63, 3.8) is 0 Å². The molecular weight excluding hydrogens is 285 g/mol. The molecule has 1 amide bonds. The Balaban J connectivity index is 2.71. The number of rotatable bonds is 6. The molecule has 7 heteroatoms. The molecule has 1 rings (SSSR count). The van der Waals surface area contributed by atoms with E-state index in [9.17, 15) is 9.18 Å². The Hall–Kier alpha value is -2.44. The highest BCUT2D eigenvalue weighted by Gasteiger charge is 2.07. The molecule has 120 valence electrons. The number of carbonyl (C=O) groups is 1. The number of aromatic nitrogens is 1. The van der Waals surface area contributed by atoms with Crippen LogP contribution in [0.25, 0.3) is 0 Å². The van der Waals surface area contributed by atoms with E-state index in [2.05, 4.69) is 27.2 Å². The zero-order chi connectivity index (χ0) is 16.5. The van der Waals surface area contributed by atoms with Crippen LogP contribution in [0, 0.1) is 5.82 Å². The Kier molecular flexibility index (Phi) is 7.01. The molecule has 0 aliphatic carbocycles. The summed E-state index contributed by atoms with van der Waals surface area (Å²) in [5.74, 6) is -0.0908. The van der Waals surface area contributed by atoms with Gasteiger partial charge in [-0.3, -0.25) is 9.78 Å². The molecule has 0 aliphatic heterocycles. The summed E-state index contributed by atoms with van der Waals surface area (Å²) in [6, 6.07) is 2.86. The first kappa shape index (κ1) is 17.6. The van der Waals surface area contributed by atoms with E-state index in [-0.39, 0.29) is 24.7 Å². The average Bonchev–Trinajstić information content (AvgIpc) is 2.47. The molecule has 1 heterocycles. The van der Waals surface area contributed by atoms with Crippen molar-refractivity contribution in [2.75, 3.05) is 27.2 Å². The summed E-state index contributed by atoms with van der Waals surface area (Å²) in [7, 11) is 3.34. The molecule has 0 aromatic carbocycles. The number of amides is 1. The molecule has 0 spiro atoms. The molecule has 0 saturated carbocycles. The Labute approximate surface area is 130 Å². The predicted octanol–water partition coefficient (Wildman–Crippen LogP) is 0.920. The third kappa shape index (κ3) is 6.34. The number of guanidine groups is 1. The van der Waals surface area contributed by atoms with Crippen molar-refractivity contribution < 1.29 is 9.18 Å². The third-order valence-electron chi connectivity index (χ3n) is 2.69. The van der Waals surface area contributed by atoms with Crippen LogP contribution in [0.2, 0.25) is 0 Å². The maximum atomic E-state index is 13.5. The van der Waals surface area contributed by atoms with Gasteiger partial charge in [-0.15, -0.1) is 0 Å². The number of carbonyl (C=O) groups excluding carboxylic acids is 1. The molecule has 22 heavy (non-hydrogen) atoms. The normalized spacial score (nSPS) is 11.0. The third-order valence-corrected chi connectivity index (χ3v) is 2.69. The largest absolute Gasteiger partial charge is 0.353 e. The number of pyridine rings is 1. The van der Waals surface area contributed by atoms with Gasteiger partial charge in [0.05, 0.1) is 18.8 Å². The van der Waals surface area contributed by atoms with E-state index in [0.717, 1.165) is 5.57 Å². The van der Waals surface area contributed by atoms with Gasteiger partial charge in [0.2, 0.25) is 5.91 Å². The van der Waals surface area contributed by atoms with Crippen LogP contribution in [-0.2, 0) is 11.3 Å². The van der Waals surface area contributed by atoms with Gasteiger partial charge in [-0.25, -0.2) is 9.38 Å². The molecule has 0 saturated heterocycles. The summed E-state index contributed by atoms with van der Waals surface area (Å²) in [5, 5.41) is 5.92. The number of aliphatic imine (C=N–C) groups is 1.